The van der Waals surface area contributed by atoms with E-state index in [0.29, 0.717) is 31.0 Å². The molecule has 6 aliphatic rings. The number of rotatable bonds is 9. The molecule has 7 nitrogen and oxygen atoms in total. The lowest BCUT2D eigenvalue weighted by atomic mass is 9.67. The maximum absolute atomic E-state index is 11.2. The van der Waals surface area contributed by atoms with Crippen LogP contribution in [0.5, 0.6) is 0 Å². The number of hydrogen-bond donors (Lipinski definition) is 0. The van der Waals surface area contributed by atoms with E-state index in [2.05, 4.69) is 35.5 Å². The first-order chi connectivity index (χ1) is 19.8. The molecule has 230 valence electrons. The van der Waals surface area contributed by atoms with Gasteiger partial charge in [-0.05, 0) is 88.0 Å². The van der Waals surface area contributed by atoms with Crippen molar-refractivity contribution in [1.29, 1.82) is 0 Å². The van der Waals surface area contributed by atoms with Crippen molar-refractivity contribution in [1.82, 2.24) is 4.90 Å². The first-order valence-electron chi connectivity index (χ1n) is 16.9. The molecule has 0 spiro atoms. The Labute approximate surface area is 248 Å². The summed E-state index contributed by atoms with van der Waals surface area (Å²) in [5, 5.41) is 0. The molecule has 6 rings (SSSR count). The zero-order valence-corrected chi connectivity index (χ0v) is 26.2. The Morgan fingerprint density at radius 2 is 1.66 bits per heavy atom. The summed E-state index contributed by atoms with van der Waals surface area (Å²) >= 11 is 0. The van der Waals surface area contributed by atoms with Crippen molar-refractivity contribution >= 4 is 16.0 Å². The van der Waals surface area contributed by atoms with Crippen LogP contribution in [0.4, 0.5) is 0 Å². The van der Waals surface area contributed by atoms with Crippen molar-refractivity contribution in [2.24, 2.45) is 23.7 Å². The van der Waals surface area contributed by atoms with Crippen molar-refractivity contribution in [2.45, 2.75) is 134 Å². The summed E-state index contributed by atoms with van der Waals surface area (Å²) < 4.78 is 49.7. The molecule has 2 heterocycles. The molecule has 1 saturated heterocycles. The lowest BCUT2D eigenvalue weighted by Gasteiger charge is -2.42. The monoisotopic (exact) mass is 588 g/mol. The quantitative estimate of drug-likeness (QED) is 0.188. The zero-order valence-electron chi connectivity index (χ0n) is 25.3. The number of unbranched alkanes of at least 4 members (excludes halogenated alkanes) is 1. The minimum absolute atomic E-state index is 0.204. The van der Waals surface area contributed by atoms with Crippen LogP contribution in [0.1, 0.15) is 110 Å². The lowest BCUT2D eigenvalue weighted by Crippen LogP contribution is -2.47. The molecule has 2 aliphatic heterocycles. The summed E-state index contributed by atoms with van der Waals surface area (Å²) in [6.45, 7) is 6.18. The Bertz CT molecular complexity index is 1150. The molecule has 0 aromatic heterocycles. The highest BCUT2D eigenvalue weighted by molar-refractivity contribution is 7.85. The van der Waals surface area contributed by atoms with E-state index in [0.717, 1.165) is 67.8 Å². The average molecular weight is 589 g/mol. The maximum Gasteiger partial charge on any atom is 0.363 e. The van der Waals surface area contributed by atoms with Gasteiger partial charge in [0.1, 0.15) is 12.6 Å². The zero-order chi connectivity index (χ0) is 28.6. The fourth-order valence-corrected chi connectivity index (χ4v) is 10.0. The SMILES string of the molecule is CCC(=CC1=[N+](CC)C2C(CCC3CCCCC32)O1)C=C1OC2CC3CCCCC3CC2N1CCCCS(=O)(=O)[O-]. The first-order valence-corrected chi connectivity index (χ1v) is 18.5. The van der Waals surface area contributed by atoms with Crippen LogP contribution in [0.25, 0.3) is 0 Å². The van der Waals surface area contributed by atoms with Gasteiger partial charge in [0.05, 0.1) is 22.2 Å². The Morgan fingerprint density at radius 1 is 0.927 bits per heavy atom. The third-order valence-electron chi connectivity index (χ3n) is 11.5. The van der Waals surface area contributed by atoms with Crippen molar-refractivity contribution in [3.63, 3.8) is 0 Å². The molecule has 8 unspecified atom stereocenters. The molecule has 0 bridgehead atoms. The highest BCUT2D eigenvalue weighted by Gasteiger charge is 2.53. The number of ether oxygens (including phenoxy) is 2. The van der Waals surface area contributed by atoms with Gasteiger partial charge in [-0.3, -0.25) is 0 Å². The molecule has 4 aliphatic carbocycles. The van der Waals surface area contributed by atoms with Crippen LogP contribution < -0.4 is 0 Å². The van der Waals surface area contributed by atoms with E-state index < -0.39 is 10.1 Å². The van der Waals surface area contributed by atoms with Gasteiger partial charge in [-0.15, -0.1) is 0 Å². The predicted octanol–water partition coefficient (Wildman–Crippen LogP) is 5.96. The van der Waals surface area contributed by atoms with Crippen LogP contribution in [-0.4, -0.2) is 71.5 Å². The molecule has 4 saturated carbocycles. The fraction of sp³-hybridized carbons (Fsp3) is 0.848. The molecule has 0 aromatic rings. The minimum atomic E-state index is -4.18. The topological polar surface area (TPSA) is 81.9 Å². The van der Waals surface area contributed by atoms with Crippen molar-refractivity contribution in [3.05, 3.63) is 23.6 Å². The Morgan fingerprint density at radius 3 is 2.39 bits per heavy atom. The van der Waals surface area contributed by atoms with E-state index in [4.69, 9.17) is 9.47 Å². The van der Waals surface area contributed by atoms with Crippen LogP contribution in [0.15, 0.2) is 23.6 Å². The van der Waals surface area contributed by atoms with Gasteiger partial charge in [0.15, 0.2) is 18.0 Å². The minimum Gasteiger partial charge on any atom is -0.748 e. The van der Waals surface area contributed by atoms with Gasteiger partial charge in [-0.1, -0.05) is 45.4 Å². The molecule has 8 atom stereocenters. The summed E-state index contributed by atoms with van der Waals surface area (Å²) in [7, 11) is -4.18. The number of nitrogens with zero attached hydrogens (tertiary/aromatic N) is 2. The predicted molar refractivity (Wildman–Crippen MR) is 159 cm³/mol. The molecule has 41 heavy (non-hydrogen) atoms. The molecule has 0 N–H and O–H groups in total. The van der Waals surface area contributed by atoms with Crippen LogP contribution in [0.2, 0.25) is 0 Å². The van der Waals surface area contributed by atoms with E-state index in [1.54, 1.807) is 0 Å². The molecule has 0 aromatic carbocycles. The van der Waals surface area contributed by atoms with E-state index in [9.17, 15) is 13.0 Å². The second kappa shape index (κ2) is 12.6. The number of fused-ring (bicyclic) bond motifs is 5. The van der Waals surface area contributed by atoms with Crippen LogP contribution in [-0.2, 0) is 19.6 Å². The smallest absolute Gasteiger partial charge is 0.363 e. The van der Waals surface area contributed by atoms with Gasteiger partial charge < -0.3 is 18.9 Å². The molecule has 0 radical (unpaired) electrons. The standard InChI is InChI=1S/C33H52N2O5S/c1-3-23(19-31-34(4-2)33-27-14-8-7-11-24(27)15-16-29(33)39-31)20-32-35(17-9-10-18-41(36,37)38)28-21-25-12-5-6-13-26(25)22-30(28)40-32/h19-20,24-30,33H,3-18,21-22H2,1-2H3. The number of likely N-dealkylation sites (N-methyl/N-ethyl adjacent to an activating group) is 1. The lowest BCUT2D eigenvalue weighted by molar-refractivity contribution is -0.569. The van der Waals surface area contributed by atoms with Crippen molar-refractivity contribution < 1.29 is 27.0 Å². The summed E-state index contributed by atoms with van der Waals surface area (Å²) in [5.74, 6) is 4.85. The van der Waals surface area contributed by atoms with Gasteiger partial charge in [-0.25, -0.2) is 8.42 Å². The molecule has 8 heteroatoms. The van der Waals surface area contributed by atoms with Crippen LogP contribution in [0, 0.1) is 23.7 Å². The second-order valence-corrected chi connectivity index (χ2v) is 15.3. The first kappa shape index (κ1) is 29.5. The van der Waals surface area contributed by atoms with Crippen LogP contribution in [0.3, 0.4) is 0 Å². The molecular formula is C33H52N2O5S. The van der Waals surface area contributed by atoms with Gasteiger partial charge in [-0.2, -0.15) is 4.58 Å². The maximum atomic E-state index is 11.2. The Kier molecular flexibility index (Phi) is 9.07. The van der Waals surface area contributed by atoms with Crippen molar-refractivity contribution in [3.8, 4) is 0 Å². The second-order valence-electron chi connectivity index (χ2n) is 13.8. The van der Waals surface area contributed by atoms with E-state index in [1.807, 2.05) is 0 Å². The van der Waals surface area contributed by atoms with Crippen molar-refractivity contribution in [2.75, 3.05) is 18.8 Å². The van der Waals surface area contributed by atoms with Crippen LogP contribution >= 0.6 is 0 Å². The Balaban J connectivity index is 1.24. The van der Waals surface area contributed by atoms with E-state index >= 15 is 0 Å². The van der Waals surface area contributed by atoms with E-state index in [1.165, 1.54) is 69.8 Å². The van der Waals surface area contributed by atoms with Gasteiger partial charge in [0, 0.05) is 24.3 Å². The van der Waals surface area contributed by atoms with E-state index in [-0.39, 0.29) is 11.9 Å². The summed E-state index contributed by atoms with van der Waals surface area (Å²) in [6, 6.07) is 0.856. The largest absolute Gasteiger partial charge is 0.748 e. The van der Waals surface area contributed by atoms with Gasteiger partial charge >= 0.3 is 5.90 Å². The fourth-order valence-electron chi connectivity index (χ4n) is 9.46. The highest BCUT2D eigenvalue weighted by atomic mass is 32.2. The van der Waals surface area contributed by atoms with Gasteiger partial charge in [0.2, 0.25) is 0 Å². The summed E-state index contributed by atoms with van der Waals surface area (Å²) in [6.07, 6.45) is 22.6. The number of allylic oxidation sites excluding steroid dienone is 2. The summed E-state index contributed by atoms with van der Waals surface area (Å²) in [5.41, 5.74) is 1.22. The molecule has 5 fully saturated rings. The summed E-state index contributed by atoms with van der Waals surface area (Å²) in [4.78, 5) is 2.42. The highest BCUT2D eigenvalue weighted by Crippen LogP contribution is 2.47. The third-order valence-corrected chi connectivity index (χ3v) is 12.3. The third kappa shape index (κ3) is 6.39. The van der Waals surface area contributed by atoms with Gasteiger partial charge in [0.25, 0.3) is 0 Å². The molecular weight excluding hydrogens is 536 g/mol. The Hall–Kier alpha value is -1.54. The average Bonchev–Trinajstić information content (AvgIpc) is 3.49. The normalized spacial score (nSPS) is 38.2. The molecule has 0 amide bonds. The number of hydrogen-bond acceptors (Lipinski definition) is 6.